The molecule has 1 aromatic rings. The summed E-state index contributed by atoms with van der Waals surface area (Å²) in [5.41, 5.74) is 0.751. The third kappa shape index (κ3) is 4.09. The summed E-state index contributed by atoms with van der Waals surface area (Å²) < 4.78 is 0. The topological polar surface area (TPSA) is 90.5 Å². The zero-order valence-electron chi connectivity index (χ0n) is 17.0. The Labute approximate surface area is 171 Å². The molecule has 1 aromatic carbocycles. The van der Waals surface area contributed by atoms with Crippen LogP contribution in [-0.2, 0) is 9.59 Å². The normalized spacial score (nSPS) is 26.2. The largest absolute Gasteiger partial charge is 0.362 e. The molecule has 7 nitrogen and oxygen atoms in total. The summed E-state index contributed by atoms with van der Waals surface area (Å²) in [4.78, 5) is 39.8. The predicted molar refractivity (Wildman–Crippen MR) is 110 cm³/mol. The van der Waals surface area contributed by atoms with Crippen molar-refractivity contribution in [3.05, 3.63) is 29.8 Å². The van der Waals surface area contributed by atoms with E-state index in [1.165, 1.54) is 6.42 Å². The number of fused-ring (bicyclic) bond motifs is 1. The zero-order chi connectivity index (χ0) is 20.4. The van der Waals surface area contributed by atoms with Gasteiger partial charge in [-0.05, 0) is 38.3 Å². The first-order chi connectivity index (χ1) is 14.0. The first-order valence-corrected chi connectivity index (χ1v) is 10.8. The number of carbonyl (C=O) groups is 3. The number of amides is 3. The molecule has 1 saturated heterocycles. The molecule has 2 atom stereocenters. The number of likely N-dealkylation sites (tertiary alicyclic amines) is 1. The summed E-state index contributed by atoms with van der Waals surface area (Å²) in [6.45, 7) is 2.23. The van der Waals surface area contributed by atoms with Crippen molar-refractivity contribution in [3.63, 3.8) is 0 Å². The average molecular weight is 399 g/mol. The van der Waals surface area contributed by atoms with Gasteiger partial charge in [-0.25, -0.2) is 0 Å². The minimum atomic E-state index is -0.657. The lowest BCUT2D eigenvalue weighted by molar-refractivity contribution is -0.139. The summed E-state index contributed by atoms with van der Waals surface area (Å²) in [5, 5.41) is 9.65. The summed E-state index contributed by atoms with van der Waals surface area (Å²) in [7, 11) is 0. The Morgan fingerprint density at radius 2 is 1.90 bits per heavy atom. The molecule has 3 aliphatic rings. The second-order valence-corrected chi connectivity index (χ2v) is 8.56. The number of anilines is 1. The van der Waals surface area contributed by atoms with Crippen LogP contribution in [0.3, 0.4) is 0 Å². The van der Waals surface area contributed by atoms with Gasteiger partial charge >= 0.3 is 0 Å². The SMILES string of the molecule is CC(C(=O)NC1CCCCC1)N1CCC2(CCC1=O)NC(=O)c1ccccc1N2. The fourth-order valence-corrected chi connectivity index (χ4v) is 4.76. The van der Waals surface area contributed by atoms with Gasteiger partial charge in [0.2, 0.25) is 11.8 Å². The van der Waals surface area contributed by atoms with E-state index >= 15 is 0 Å². The first-order valence-electron chi connectivity index (χ1n) is 10.8. The van der Waals surface area contributed by atoms with Gasteiger partial charge < -0.3 is 20.9 Å². The fraction of sp³-hybridized carbons (Fsp3) is 0.591. The number of para-hydroxylation sites is 1. The lowest BCUT2D eigenvalue weighted by atomic mass is 9.95. The van der Waals surface area contributed by atoms with Crippen LogP contribution in [0.25, 0.3) is 0 Å². The number of nitrogens with zero attached hydrogens (tertiary/aromatic N) is 1. The third-order valence-corrected chi connectivity index (χ3v) is 6.56. The molecule has 2 fully saturated rings. The van der Waals surface area contributed by atoms with Gasteiger partial charge in [0, 0.05) is 31.1 Å². The zero-order valence-corrected chi connectivity index (χ0v) is 17.0. The second-order valence-electron chi connectivity index (χ2n) is 8.56. The Kier molecular flexibility index (Phi) is 5.48. The molecular weight excluding hydrogens is 368 g/mol. The number of hydrogen-bond acceptors (Lipinski definition) is 4. The molecule has 0 radical (unpaired) electrons. The van der Waals surface area contributed by atoms with Gasteiger partial charge in [-0.2, -0.15) is 0 Å². The predicted octanol–water partition coefficient (Wildman–Crippen LogP) is 2.39. The molecule has 1 spiro atoms. The van der Waals surface area contributed by atoms with E-state index in [1.807, 2.05) is 18.2 Å². The van der Waals surface area contributed by atoms with Gasteiger partial charge in [-0.15, -0.1) is 0 Å². The number of hydrogen-bond donors (Lipinski definition) is 3. The first kappa shape index (κ1) is 19.7. The molecule has 3 N–H and O–H groups in total. The Morgan fingerprint density at radius 1 is 1.14 bits per heavy atom. The van der Waals surface area contributed by atoms with E-state index in [-0.39, 0.29) is 30.2 Å². The molecule has 7 heteroatoms. The molecule has 2 aliphatic heterocycles. The number of benzene rings is 1. The Hall–Kier alpha value is -2.57. The summed E-state index contributed by atoms with van der Waals surface area (Å²) >= 11 is 0. The fourth-order valence-electron chi connectivity index (χ4n) is 4.76. The van der Waals surface area contributed by atoms with Crippen LogP contribution >= 0.6 is 0 Å². The Morgan fingerprint density at radius 3 is 2.69 bits per heavy atom. The molecule has 2 unspecified atom stereocenters. The van der Waals surface area contributed by atoms with Crippen LogP contribution in [0.1, 0.15) is 68.6 Å². The molecule has 4 rings (SSSR count). The van der Waals surface area contributed by atoms with Crippen LogP contribution in [0, 0.1) is 0 Å². The molecule has 0 bridgehead atoms. The van der Waals surface area contributed by atoms with E-state index in [1.54, 1.807) is 17.9 Å². The quantitative estimate of drug-likeness (QED) is 0.729. The van der Waals surface area contributed by atoms with E-state index in [0.717, 1.165) is 31.4 Å². The van der Waals surface area contributed by atoms with Gasteiger partial charge in [0.1, 0.15) is 11.7 Å². The molecule has 0 aromatic heterocycles. The highest BCUT2D eigenvalue weighted by molar-refractivity contribution is 6.02. The summed E-state index contributed by atoms with van der Waals surface area (Å²) in [6.07, 6.45) is 6.91. The van der Waals surface area contributed by atoms with E-state index < -0.39 is 11.7 Å². The maximum Gasteiger partial charge on any atom is 0.255 e. The van der Waals surface area contributed by atoms with E-state index in [0.29, 0.717) is 24.9 Å². The Balaban J connectivity index is 1.43. The standard InChI is InChI=1S/C22H30N4O3/c1-15(20(28)23-16-7-3-2-4-8-16)26-14-13-22(12-11-19(26)27)24-18-10-6-5-9-17(18)21(29)25-22/h5-6,9-10,15-16,24H,2-4,7-8,11-14H2,1H3,(H,23,28)(H,25,29). The number of carbonyl (C=O) groups excluding carboxylic acids is 3. The van der Waals surface area contributed by atoms with Crippen LogP contribution in [0.2, 0.25) is 0 Å². The van der Waals surface area contributed by atoms with E-state index in [9.17, 15) is 14.4 Å². The van der Waals surface area contributed by atoms with E-state index in [4.69, 9.17) is 0 Å². The van der Waals surface area contributed by atoms with Crippen molar-refractivity contribution in [2.75, 3.05) is 11.9 Å². The Bertz CT molecular complexity index is 805. The molecule has 29 heavy (non-hydrogen) atoms. The van der Waals surface area contributed by atoms with Gasteiger partial charge in [-0.1, -0.05) is 31.4 Å². The van der Waals surface area contributed by atoms with E-state index in [2.05, 4.69) is 16.0 Å². The van der Waals surface area contributed by atoms with Crippen LogP contribution < -0.4 is 16.0 Å². The van der Waals surface area contributed by atoms with Crippen molar-refractivity contribution in [1.29, 1.82) is 0 Å². The lowest BCUT2D eigenvalue weighted by Gasteiger charge is -2.40. The van der Waals surface area contributed by atoms with Crippen molar-refractivity contribution >= 4 is 23.4 Å². The van der Waals surface area contributed by atoms with Crippen molar-refractivity contribution in [2.24, 2.45) is 0 Å². The highest BCUT2D eigenvalue weighted by atomic mass is 16.2. The van der Waals surface area contributed by atoms with Crippen LogP contribution in [0.5, 0.6) is 0 Å². The summed E-state index contributed by atoms with van der Waals surface area (Å²) in [6, 6.07) is 7.12. The smallest absolute Gasteiger partial charge is 0.255 e. The lowest BCUT2D eigenvalue weighted by Crippen LogP contribution is -2.58. The maximum atomic E-state index is 12.8. The molecule has 1 aliphatic carbocycles. The monoisotopic (exact) mass is 398 g/mol. The average Bonchev–Trinajstić information content (AvgIpc) is 2.87. The number of rotatable bonds is 3. The molecule has 156 valence electrons. The van der Waals surface area contributed by atoms with Crippen LogP contribution in [-0.4, -0.2) is 46.9 Å². The highest BCUT2D eigenvalue weighted by Gasteiger charge is 2.41. The maximum absolute atomic E-state index is 12.8. The van der Waals surface area contributed by atoms with Gasteiger partial charge in [0.25, 0.3) is 5.91 Å². The van der Waals surface area contributed by atoms with Crippen molar-refractivity contribution in [3.8, 4) is 0 Å². The van der Waals surface area contributed by atoms with Crippen molar-refractivity contribution < 1.29 is 14.4 Å². The molecule has 2 heterocycles. The highest BCUT2D eigenvalue weighted by Crippen LogP contribution is 2.32. The van der Waals surface area contributed by atoms with Gasteiger partial charge in [0.15, 0.2) is 0 Å². The molecular formula is C22H30N4O3. The van der Waals surface area contributed by atoms with Crippen molar-refractivity contribution in [1.82, 2.24) is 15.5 Å². The van der Waals surface area contributed by atoms with Gasteiger partial charge in [0.05, 0.1) is 5.56 Å². The minimum Gasteiger partial charge on any atom is -0.362 e. The summed E-state index contributed by atoms with van der Waals surface area (Å²) in [5.74, 6) is -0.237. The third-order valence-electron chi connectivity index (χ3n) is 6.56. The molecule has 3 amide bonds. The van der Waals surface area contributed by atoms with Gasteiger partial charge in [-0.3, -0.25) is 14.4 Å². The van der Waals surface area contributed by atoms with Crippen LogP contribution in [0.4, 0.5) is 5.69 Å². The van der Waals surface area contributed by atoms with Crippen LogP contribution in [0.15, 0.2) is 24.3 Å². The molecule has 1 saturated carbocycles. The minimum absolute atomic E-state index is 0.0388. The second kappa shape index (κ2) is 8.05. The number of nitrogens with one attached hydrogen (secondary N) is 3. The van der Waals surface area contributed by atoms with Crippen molar-refractivity contribution in [2.45, 2.75) is 76.0 Å².